The Labute approximate surface area is 75.3 Å². The Morgan fingerprint density at radius 2 is 2.17 bits per heavy atom. The van der Waals surface area contributed by atoms with E-state index in [2.05, 4.69) is 13.8 Å². The first-order chi connectivity index (χ1) is 5.74. The topological polar surface area (TPSA) is 26.3 Å². The maximum Gasteiger partial charge on any atom is 0.306 e. The van der Waals surface area contributed by atoms with Crippen LogP contribution in [0.25, 0.3) is 0 Å². The number of carbonyl (C=O) groups excluding carboxylic acids is 1. The zero-order valence-electron chi connectivity index (χ0n) is 8.30. The van der Waals surface area contributed by atoms with Crippen molar-refractivity contribution in [2.45, 2.75) is 46.5 Å². The molecule has 12 heavy (non-hydrogen) atoms. The first kappa shape index (κ1) is 11.5. The molecule has 0 aromatic rings. The van der Waals surface area contributed by atoms with Crippen LogP contribution in [-0.4, -0.2) is 5.97 Å². The molecule has 0 fully saturated rings. The molecule has 2 nitrogen and oxygen atoms in total. The Bertz CT molecular complexity index is 121. The van der Waals surface area contributed by atoms with Crippen molar-refractivity contribution in [2.75, 3.05) is 0 Å². The van der Waals surface area contributed by atoms with Crippen molar-refractivity contribution in [3.8, 4) is 0 Å². The van der Waals surface area contributed by atoms with Gasteiger partial charge >= 0.3 is 5.97 Å². The van der Waals surface area contributed by atoms with Crippen molar-refractivity contribution >= 4 is 5.97 Å². The maximum atomic E-state index is 11.0. The predicted octanol–water partition coefficient (Wildman–Crippen LogP) is 2.93. The molecule has 0 spiro atoms. The molecular weight excluding hydrogens is 152 g/mol. The largest absolute Gasteiger partial charge is 0.459 e. The molecule has 0 amide bonds. The molecular formula is C10H19O2. The van der Waals surface area contributed by atoms with Gasteiger partial charge in [0.25, 0.3) is 0 Å². The van der Waals surface area contributed by atoms with Crippen molar-refractivity contribution in [3.05, 3.63) is 6.61 Å². The lowest BCUT2D eigenvalue weighted by Crippen LogP contribution is -2.09. The summed E-state index contributed by atoms with van der Waals surface area (Å²) in [5, 5.41) is 0. The monoisotopic (exact) mass is 171 g/mol. The van der Waals surface area contributed by atoms with Crippen LogP contribution in [0.1, 0.15) is 46.5 Å². The lowest BCUT2D eigenvalue weighted by Gasteiger charge is -2.11. The van der Waals surface area contributed by atoms with Crippen molar-refractivity contribution in [1.82, 2.24) is 0 Å². The lowest BCUT2D eigenvalue weighted by molar-refractivity contribution is -0.141. The van der Waals surface area contributed by atoms with E-state index in [1.54, 1.807) is 6.92 Å². The van der Waals surface area contributed by atoms with Gasteiger partial charge in [-0.2, -0.15) is 0 Å². The van der Waals surface area contributed by atoms with Crippen LogP contribution in [0.5, 0.6) is 0 Å². The predicted molar refractivity (Wildman–Crippen MR) is 49.4 cm³/mol. The van der Waals surface area contributed by atoms with E-state index >= 15 is 0 Å². The molecule has 1 atom stereocenters. The molecule has 0 bridgehead atoms. The van der Waals surface area contributed by atoms with E-state index in [4.69, 9.17) is 4.74 Å². The fourth-order valence-electron chi connectivity index (χ4n) is 1.27. The highest BCUT2D eigenvalue weighted by Crippen LogP contribution is 2.15. The minimum Gasteiger partial charge on any atom is -0.459 e. The summed E-state index contributed by atoms with van der Waals surface area (Å²) in [6.45, 7) is 7.42. The standard InChI is InChI=1S/C10H19O2/c1-4-7-9(5-2)8-10(11)12-6-3/h6,9H,4-5,7-8H2,1-3H3. The van der Waals surface area contributed by atoms with Gasteiger partial charge in [0.1, 0.15) is 6.61 Å². The Morgan fingerprint density at radius 3 is 2.58 bits per heavy atom. The van der Waals surface area contributed by atoms with Crippen LogP contribution in [0.2, 0.25) is 0 Å². The molecule has 0 aliphatic rings. The van der Waals surface area contributed by atoms with Crippen LogP contribution in [0, 0.1) is 12.5 Å². The molecule has 0 saturated heterocycles. The highest BCUT2D eigenvalue weighted by Gasteiger charge is 2.11. The molecule has 0 saturated carbocycles. The number of esters is 1. The van der Waals surface area contributed by atoms with Crippen molar-refractivity contribution in [1.29, 1.82) is 0 Å². The van der Waals surface area contributed by atoms with Gasteiger partial charge in [0, 0.05) is 6.42 Å². The van der Waals surface area contributed by atoms with E-state index in [1.165, 1.54) is 6.61 Å². The van der Waals surface area contributed by atoms with E-state index in [9.17, 15) is 4.79 Å². The summed E-state index contributed by atoms with van der Waals surface area (Å²) in [4.78, 5) is 11.0. The summed E-state index contributed by atoms with van der Waals surface area (Å²) in [6.07, 6.45) is 3.89. The minimum absolute atomic E-state index is 0.0993. The second-order valence-corrected chi connectivity index (χ2v) is 2.99. The summed E-state index contributed by atoms with van der Waals surface area (Å²) >= 11 is 0. The van der Waals surface area contributed by atoms with Gasteiger partial charge in [-0.15, -0.1) is 0 Å². The number of carbonyl (C=O) groups is 1. The third-order valence-electron chi connectivity index (χ3n) is 1.98. The molecule has 0 aliphatic heterocycles. The molecule has 2 heteroatoms. The summed E-state index contributed by atoms with van der Waals surface area (Å²) in [6, 6.07) is 0. The molecule has 1 unspecified atom stereocenters. The van der Waals surface area contributed by atoms with Gasteiger partial charge in [-0.1, -0.05) is 33.1 Å². The average Bonchev–Trinajstić information content (AvgIpc) is 2.04. The second-order valence-electron chi connectivity index (χ2n) is 2.99. The van der Waals surface area contributed by atoms with E-state index in [1.807, 2.05) is 0 Å². The Morgan fingerprint density at radius 1 is 1.50 bits per heavy atom. The summed E-state index contributed by atoms with van der Waals surface area (Å²) in [5.74, 6) is 0.403. The van der Waals surface area contributed by atoms with Crippen LogP contribution in [-0.2, 0) is 9.53 Å². The highest BCUT2D eigenvalue weighted by molar-refractivity contribution is 5.69. The van der Waals surface area contributed by atoms with Crippen molar-refractivity contribution in [2.24, 2.45) is 5.92 Å². The van der Waals surface area contributed by atoms with Gasteiger partial charge in [0.05, 0.1) is 0 Å². The zero-order chi connectivity index (χ0) is 9.40. The second kappa shape index (κ2) is 7.14. The van der Waals surface area contributed by atoms with E-state index in [0.717, 1.165) is 19.3 Å². The van der Waals surface area contributed by atoms with Crippen LogP contribution < -0.4 is 0 Å². The van der Waals surface area contributed by atoms with Crippen LogP contribution in [0.3, 0.4) is 0 Å². The van der Waals surface area contributed by atoms with E-state index in [-0.39, 0.29) is 5.97 Å². The highest BCUT2D eigenvalue weighted by atomic mass is 16.5. The smallest absolute Gasteiger partial charge is 0.306 e. The van der Waals surface area contributed by atoms with Crippen LogP contribution in [0.4, 0.5) is 0 Å². The van der Waals surface area contributed by atoms with E-state index in [0.29, 0.717) is 12.3 Å². The Hall–Kier alpha value is -0.530. The van der Waals surface area contributed by atoms with Crippen LogP contribution >= 0.6 is 0 Å². The molecule has 0 aromatic heterocycles. The Kier molecular flexibility index (Phi) is 6.82. The molecule has 71 valence electrons. The molecule has 0 heterocycles. The molecule has 0 aromatic carbocycles. The summed E-state index contributed by atoms with van der Waals surface area (Å²) in [5.41, 5.74) is 0. The van der Waals surface area contributed by atoms with Gasteiger partial charge in [-0.05, 0) is 12.8 Å². The number of rotatable bonds is 6. The van der Waals surface area contributed by atoms with E-state index < -0.39 is 0 Å². The van der Waals surface area contributed by atoms with Gasteiger partial charge in [-0.25, -0.2) is 0 Å². The maximum absolute atomic E-state index is 11.0. The molecule has 1 radical (unpaired) electrons. The number of hydrogen-bond donors (Lipinski definition) is 0. The molecule has 0 aliphatic carbocycles. The third-order valence-corrected chi connectivity index (χ3v) is 1.98. The fraction of sp³-hybridized carbons (Fsp3) is 0.800. The Balaban J connectivity index is 3.61. The fourth-order valence-corrected chi connectivity index (χ4v) is 1.27. The van der Waals surface area contributed by atoms with Gasteiger partial charge in [0.15, 0.2) is 0 Å². The summed E-state index contributed by atoms with van der Waals surface area (Å²) < 4.78 is 4.76. The van der Waals surface area contributed by atoms with Crippen molar-refractivity contribution in [3.63, 3.8) is 0 Å². The average molecular weight is 171 g/mol. The SMILES string of the molecule is C[CH]OC(=O)CC(CC)CCC. The normalized spacial score (nSPS) is 12.6. The zero-order valence-corrected chi connectivity index (χ0v) is 8.30. The third kappa shape index (κ3) is 5.16. The van der Waals surface area contributed by atoms with Gasteiger partial charge in [-0.3, -0.25) is 4.79 Å². The minimum atomic E-state index is -0.0993. The lowest BCUT2D eigenvalue weighted by atomic mass is 9.97. The first-order valence-corrected chi connectivity index (χ1v) is 4.71. The van der Waals surface area contributed by atoms with Crippen LogP contribution in [0.15, 0.2) is 0 Å². The molecule has 0 N–H and O–H groups in total. The van der Waals surface area contributed by atoms with Crippen molar-refractivity contribution < 1.29 is 9.53 Å². The number of hydrogen-bond acceptors (Lipinski definition) is 2. The molecule has 0 rings (SSSR count). The first-order valence-electron chi connectivity index (χ1n) is 4.71. The van der Waals surface area contributed by atoms with Gasteiger partial charge in [0.2, 0.25) is 0 Å². The van der Waals surface area contributed by atoms with Gasteiger partial charge < -0.3 is 4.74 Å². The quantitative estimate of drug-likeness (QED) is 0.574. The summed E-state index contributed by atoms with van der Waals surface area (Å²) in [7, 11) is 0. The number of ether oxygens (including phenoxy) is 1.